The van der Waals surface area contributed by atoms with Crippen molar-refractivity contribution in [1.82, 2.24) is 4.90 Å². The summed E-state index contributed by atoms with van der Waals surface area (Å²) in [5, 5.41) is 3.37. The molecule has 6 heteroatoms. The first-order chi connectivity index (χ1) is 10.3. The summed E-state index contributed by atoms with van der Waals surface area (Å²) in [4.78, 5) is 15.5. The van der Waals surface area contributed by atoms with Crippen molar-refractivity contribution in [3.05, 3.63) is 30.3 Å². The van der Waals surface area contributed by atoms with Crippen LogP contribution in [0.15, 0.2) is 45.3 Å². The fraction of sp³-hybridized carbons (Fsp3) is 0.400. The lowest BCUT2D eigenvalue weighted by atomic mass is 10.3. The topological polar surface area (TPSA) is 61.6 Å². The zero-order valence-corrected chi connectivity index (χ0v) is 12.1. The highest BCUT2D eigenvalue weighted by atomic mass is 16.5. The second kappa shape index (κ2) is 6.05. The van der Waals surface area contributed by atoms with Gasteiger partial charge in [0.05, 0.1) is 13.2 Å². The van der Waals surface area contributed by atoms with Crippen molar-refractivity contribution in [3.8, 4) is 0 Å². The highest BCUT2D eigenvalue weighted by Gasteiger charge is 2.25. The van der Waals surface area contributed by atoms with Gasteiger partial charge >= 0.3 is 0 Å². The predicted molar refractivity (Wildman–Crippen MR) is 85.3 cm³/mol. The molecule has 1 aromatic carbocycles. The van der Waals surface area contributed by atoms with Crippen molar-refractivity contribution >= 4 is 24.1 Å². The van der Waals surface area contributed by atoms with Gasteiger partial charge in [-0.2, -0.15) is 0 Å². The fourth-order valence-corrected chi connectivity index (χ4v) is 2.24. The molecule has 0 aromatic heterocycles. The minimum atomic E-state index is -0.768. The van der Waals surface area contributed by atoms with Gasteiger partial charge in [-0.05, 0) is 12.1 Å². The molecule has 0 spiro atoms. The van der Waals surface area contributed by atoms with Gasteiger partial charge in [0.25, 0.3) is 0 Å². The Kier molecular flexibility index (Phi) is 3.96. The summed E-state index contributed by atoms with van der Waals surface area (Å²) in [5.41, 5.74) is 0.997. The van der Waals surface area contributed by atoms with Crippen molar-refractivity contribution in [2.75, 3.05) is 31.6 Å². The van der Waals surface area contributed by atoms with E-state index in [1.807, 2.05) is 37.3 Å². The molecule has 0 unspecified atom stereocenters. The van der Waals surface area contributed by atoms with Gasteiger partial charge in [0, 0.05) is 38.1 Å². The smallest absolute Gasteiger partial charge is 0.245 e. The second-order valence-electron chi connectivity index (χ2n) is 5.05. The first kappa shape index (κ1) is 13.8. The highest BCUT2D eigenvalue weighted by Crippen LogP contribution is 2.18. The van der Waals surface area contributed by atoms with Gasteiger partial charge < -0.3 is 15.0 Å². The van der Waals surface area contributed by atoms with Gasteiger partial charge in [-0.1, -0.05) is 18.2 Å². The zero-order valence-electron chi connectivity index (χ0n) is 12.1. The van der Waals surface area contributed by atoms with E-state index < -0.39 is 5.79 Å². The molecule has 0 amide bonds. The quantitative estimate of drug-likeness (QED) is 0.663. The van der Waals surface area contributed by atoms with E-state index >= 15 is 0 Å². The highest BCUT2D eigenvalue weighted by molar-refractivity contribution is 6.17. The SMILES string of the molecule is CC1(N=C(Nc2ccccc2)N2CCOCC2)N=CC=N1. The number of hydrogen-bond donors (Lipinski definition) is 1. The Bertz CT molecular complexity index is 549. The predicted octanol–water partition coefficient (Wildman–Crippen LogP) is 1.62. The third-order valence-corrected chi connectivity index (χ3v) is 3.36. The van der Waals surface area contributed by atoms with Crippen LogP contribution < -0.4 is 5.32 Å². The molecule has 2 aliphatic heterocycles. The number of guanidine groups is 1. The molecule has 110 valence electrons. The van der Waals surface area contributed by atoms with Crippen LogP contribution in [0.2, 0.25) is 0 Å². The molecule has 0 radical (unpaired) electrons. The van der Waals surface area contributed by atoms with Gasteiger partial charge in [-0.3, -0.25) is 0 Å². The van der Waals surface area contributed by atoms with Crippen LogP contribution in [0.1, 0.15) is 6.92 Å². The van der Waals surface area contributed by atoms with E-state index in [1.165, 1.54) is 0 Å². The minimum Gasteiger partial charge on any atom is -0.378 e. The Hall–Kier alpha value is -2.21. The lowest BCUT2D eigenvalue weighted by molar-refractivity contribution is 0.0676. The molecule has 6 nitrogen and oxygen atoms in total. The van der Waals surface area contributed by atoms with E-state index in [4.69, 9.17) is 9.73 Å². The van der Waals surface area contributed by atoms with Crippen LogP contribution >= 0.6 is 0 Å². The lowest BCUT2D eigenvalue weighted by Crippen LogP contribution is -2.45. The standard InChI is InChI=1S/C15H19N5O/c1-15(16-7-8-17-15)19-14(20-9-11-21-12-10-20)18-13-5-3-2-4-6-13/h2-8H,9-12H2,1H3,(H,18,19). The van der Waals surface area contributed by atoms with Crippen molar-refractivity contribution < 1.29 is 4.74 Å². The third-order valence-electron chi connectivity index (χ3n) is 3.36. The molecular formula is C15H19N5O. The average Bonchev–Trinajstić information content (AvgIpc) is 2.95. The number of nitrogens with one attached hydrogen (secondary N) is 1. The van der Waals surface area contributed by atoms with Crippen molar-refractivity contribution in [2.45, 2.75) is 12.7 Å². The van der Waals surface area contributed by atoms with Gasteiger partial charge in [0.1, 0.15) is 0 Å². The largest absolute Gasteiger partial charge is 0.378 e. The van der Waals surface area contributed by atoms with Crippen molar-refractivity contribution in [2.24, 2.45) is 15.0 Å². The molecule has 0 aliphatic carbocycles. The van der Waals surface area contributed by atoms with Crippen molar-refractivity contribution in [1.29, 1.82) is 0 Å². The number of ether oxygens (including phenoxy) is 1. The summed E-state index contributed by atoms with van der Waals surface area (Å²) in [7, 11) is 0. The number of anilines is 1. The van der Waals surface area contributed by atoms with Gasteiger partial charge in [0.15, 0.2) is 0 Å². The van der Waals surface area contributed by atoms with E-state index in [0.29, 0.717) is 13.2 Å². The molecule has 1 saturated heterocycles. The number of hydrogen-bond acceptors (Lipinski definition) is 4. The van der Waals surface area contributed by atoms with Gasteiger partial charge in [-0.15, -0.1) is 0 Å². The van der Waals surface area contributed by atoms with Crippen LogP contribution in [0.25, 0.3) is 0 Å². The monoisotopic (exact) mass is 285 g/mol. The molecule has 1 N–H and O–H groups in total. The molecule has 3 rings (SSSR count). The van der Waals surface area contributed by atoms with Gasteiger partial charge in [-0.25, -0.2) is 15.0 Å². The Morgan fingerprint density at radius 1 is 1.19 bits per heavy atom. The number of aliphatic imine (C=N–C) groups is 3. The van der Waals surface area contributed by atoms with Crippen molar-refractivity contribution in [3.63, 3.8) is 0 Å². The van der Waals surface area contributed by atoms with E-state index in [9.17, 15) is 0 Å². The normalized spacial score (nSPS) is 20.8. The molecule has 1 fully saturated rings. The molecule has 0 bridgehead atoms. The van der Waals surface area contributed by atoms with Crippen LogP contribution in [0.4, 0.5) is 5.69 Å². The maximum atomic E-state index is 5.41. The molecular weight excluding hydrogens is 266 g/mol. The first-order valence-corrected chi connectivity index (χ1v) is 7.09. The van der Waals surface area contributed by atoms with Crippen LogP contribution in [-0.4, -0.2) is 55.4 Å². The molecule has 0 saturated carbocycles. The molecule has 0 atom stereocenters. The zero-order chi connectivity index (χ0) is 14.5. The summed E-state index contributed by atoms with van der Waals surface area (Å²) in [5.74, 6) is 0.0123. The first-order valence-electron chi connectivity index (χ1n) is 7.09. The van der Waals surface area contributed by atoms with Crippen LogP contribution in [-0.2, 0) is 4.74 Å². The Balaban J connectivity index is 1.85. The number of morpholine rings is 1. The number of rotatable bonds is 2. The summed E-state index contributed by atoms with van der Waals surface area (Å²) >= 11 is 0. The van der Waals surface area contributed by atoms with Crippen LogP contribution in [0.3, 0.4) is 0 Å². The molecule has 1 aromatic rings. The summed E-state index contributed by atoms with van der Waals surface area (Å²) in [6.45, 7) is 4.92. The van der Waals surface area contributed by atoms with Crippen LogP contribution in [0, 0.1) is 0 Å². The molecule has 2 aliphatic rings. The number of para-hydroxylation sites is 1. The third kappa shape index (κ3) is 3.46. The molecule has 21 heavy (non-hydrogen) atoms. The maximum absolute atomic E-state index is 5.41. The van der Waals surface area contributed by atoms with Crippen LogP contribution in [0.5, 0.6) is 0 Å². The van der Waals surface area contributed by atoms with Gasteiger partial charge in [0.2, 0.25) is 11.7 Å². The molecule has 2 heterocycles. The number of nitrogens with zero attached hydrogens (tertiary/aromatic N) is 4. The lowest BCUT2D eigenvalue weighted by Gasteiger charge is -2.31. The Labute approximate surface area is 124 Å². The van der Waals surface area contributed by atoms with E-state index in [1.54, 1.807) is 12.4 Å². The van der Waals surface area contributed by atoms with E-state index in [-0.39, 0.29) is 0 Å². The fourth-order valence-electron chi connectivity index (χ4n) is 2.24. The Morgan fingerprint density at radius 2 is 1.86 bits per heavy atom. The van der Waals surface area contributed by atoms with E-state index in [0.717, 1.165) is 24.7 Å². The minimum absolute atomic E-state index is 0.707. The maximum Gasteiger partial charge on any atom is 0.245 e. The number of benzene rings is 1. The summed E-state index contributed by atoms with van der Waals surface area (Å²) in [6, 6.07) is 10.0. The van der Waals surface area contributed by atoms with E-state index in [2.05, 4.69) is 20.2 Å². The Morgan fingerprint density at radius 3 is 2.52 bits per heavy atom. The summed E-state index contributed by atoms with van der Waals surface area (Å²) in [6.07, 6.45) is 3.37. The summed E-state index contributed by atoms with van der Waals surface area (Å²) < 4.78 is 5.41. The second-order valence-corrected chi connectivity index (χ2v) is 5.05. The average molecular weight is 285 g/mol.